The Morgan fingerprint density at radius 2 is 1.96 bits per heavy atom. The largest absolute Gasteiger partial charge is 0.392 e. The van der Waals surface area contributed by atoms with E-state index >= 15 is 0 Å². The molecule has 2 fully saturated rings. The molecule has 0 aromatic heterocycles. The van der Waals surface area contributed by atoms with Crippen molar-refractivity contribution < 1.29 is 13.5 Å². The lowest BCUT2D eigenvalue weighted by atomic mass is 9.70. The Kier molecular flexibility index (Phi) is 4.10. The predicted octanol–water partition coefficient (Wildman–Crippen LogP) is 2.85. The first kappa shape index (κ1) is 16.9. The molecule has 0 spiro atoms. The normalized spacial score (nSPS) is 33.7. The summed E-state index contributed by atoms with van der Waals surface area (Å²) in [5.74, 6) is 0.446. The van der Waals surface area contributed by atoms with Gasteiger partial charge in [-0.3, -0.25) is 0 Å². The van der Waals surface area contributed by atoms with Crippen molar-refractivity contribution in [2.75, 3.05) is 5.75 Å². The summed E-state index contributed by atoms with van der Waals surface area (Å²) in [5, 5.41) is 10.5. The molecule has 23 heavy (non-hydrogen) atoms. The maximum absolute atomic E-state index is 12.8. The Bertz CT molecular complexity index is 671. The smallest absolute Gasteiger partial charge is 0.212 e. The van der Waals surface area contributed by atoms with E-state index in [0.717, 1.165) is 24.8 Å². The second-order valence-electron chi connectivity index (χ2n) is 7.87. The van der Waals surface area contributed by atoms with E-state index in [1.54, 1.807) is 0 Å². The van der Waals surface area contributed by atoms with E-state index in [1.165, 1.54) is 0 Å². The van der Waals surface area contributed by atoms with Gasteiger partial charge in [-0.15, -0.1) is 0 Å². The Hall–Kier alpha value is -0.910. The second-order valence-corrected chi connectivity index (χ2v) is 9.63. The van der Waals surface area contributed by atoms with Gasteiger partial charge in [0.1, 0.15) is 0 Å². The zero-order valence-corrected chi connectivity index (χ0v) is 14.9. The van der Waals surface area contributed by atoms with Crippen molar-refractivity contribution in [3.8, 4) is 0 Å². The van der Waals surface area contributed by atoms with Gasteiger partial charge >= 0.3 is 0 Å². The van der Waals surface area contributed by atoms with Crippen molar-refractivity contribution >= 4 is 10.0 Å². The van der Waals surface area contributed by atoms with Crippen molar-refractivity contribution in [2.24, 2.45) is 16.7 Å². The Morgan fingerprint density at radius 3 is 2.48 bits per heavy atom. The molecule has 2 saturated carbocycles. The molecule has 2 bridgehead atoms. The topological polar surface area (TPSA) is 66.4 Å². The van der Waals surface area contributed by atoms with Crippen LogP contribution < -0.4 is 4.72 Å². The lowest BCUT2D eigenvalue weighted by Gasteiger charge is -2.40. The van der Waals surface area contributed by atoms with E-state index in [1.807, 2.05) is 37.3 Å². The first-order chi connectivity index (χ1) is 10.7. The van der Waals surface area contributed by atoms with Crippen LogP contribution in [-0.2, 0) is 10.0 Å². The molecule has 0 aliphatic heterocycles. The van der Waals surface area contributed by atoms with Gasteiger partial charge in [0, 0.05) is 11.5 Å². The second kappa shape index (κ2) is 5.57. The molecule has 5 heteroatoms. The summed E-state index contributed by atoms with van der Waals surface area (Å²) in [6, 6.07) is 9.31. The van der Waals surface area contributed by atoms with Gasteiger partial charge in [0.15, 0.2) is 0 Å². The Labute approximate surface area is 139 Å². The third-order valence-corrected chi connectivity index (χ3v) is 8.10. The zero-order valence-electron chi connectivity index (χ0n) is 14.1. The number of sulfonamides is 1. The molecule has 2 aliphatic rings. The molecule has 128 valence electrons. The van der Waals surface area contributed by atoms with E-state index in [4.69, 9.17) is 0 Å². The minimum Gasteiger partial charge on any atom is -0.392 e. The molecule has 2 aliphatic carbocycles. The summed E-state index contributed by atoms with van der Waals surface area (Å²) >= 11 is 0. The number of benzene rings is 1. The molecule has 1 aromatic rings. The first-order valence-corrected chi connectivity index (χ1v) is 10.1. The fourth-order valence-electron chi connectivity index (χ4n) is 4.84. The molecule has 2 N–H and O–H groups in total. The zero-order chi connectivity index (χ0) is 16.9. The Balaban J connectivity index is 1.79. The van der Waals surface area contributed by atoms with Gasteiger partial charge in [0.05, 0.1) is 11.9 Å². The number of aliphatic hydroxyl groups excluding tert-OH is 1. The SMILES string of the molecule is C[C@@H](NS(=O)(=O)C[C@]12CC[C@H](C[C@@H]1O)C2(C)C)c1ccccc1. The summed E-state index contributed by atoms with van der Waals surface area (Å²) in [4.78, 5) is 0. The molecular weight excluding hydrogens is 310 g/mol. The highest BCUT2D eigenvalue weighted by molar-refractivity contribution is 7.89. The lowest BCUT2D eigenvalue weighted by Crippen LogP contribution is -2.47. The first-order valence-electron chi connectivity index (χ1n) is 8.41. The minimum atomic E-state index is -3.47. The van der Waals surface area contributed by atoms with Gasteiger partial charge in [-0.1, -0.05) is 44.2 Å². The monoisotopic (exact) mass is 337 g/mol. The van der Waals surface area contributed by atoms with Gasteiger partial charge in [-0.05, 0) is 43.1 Å². The maximum Gasteiger partial charge on any atom is 0.212 e. The third kappa shape index (κ3) is 2.73. The maximum atomic E-state index is 12.8. The summed E-state index contributed by atoms with van der Waals surface area (Å²) in [5.41, 5.74) is 0.306. The van der Waals surface area contributed by atoms with Crippen molar-refractivity contribution in [2.45, 2.75) is 52.2 Å². The van der Waals surface area contributed by atoms with Gasteiger partial charge < -0.3 is 5.11 Å². The molecule has 0 unspecified atom stereocenters. The molecule has 4 nitrogen and oxygen atoms in total. The fourth-order valence-corrected chi connectivity index (χ4v) is 6.98. The number of hydrogen-bond donors (Lipinski definition) is 2. The van der Waals surface area contributed by atoms with Crippen LogP contribution in [0.2, 0.25) is 0 Å². The van der Waals surface area contributed by atoms with Crippen LogP contribution in [0, 0.1) is 16.7 Å². The lowest BCUT2D eigenvalue weighted by molar-refractivity contribution is 0.0151. The highest BCUT2D eigenvalue weighted by Crippen LogP contribution is 2.66. The van der Waals surface area contributed by atoms with Crippen molar-refractivity contribution in [3.05, 3.63) is 35.9 Å². The summed E-state index contributed by atoms with van der Waals surface area (Å²) in [6.45, 7) is 6.10. The molecule has 4 atom stereocenters. The number of aliphatic hydroxyl groups is 1. The van der Waals surface area contributed by atoms with Crippen LogP contribution in [0.4, 0.5) is 0 Å². The van der Waals surface area contributed by atoms with Gasteiger partial charge in [-0.25, -0.2) is 13.1 Å². The third-order valence-electron chi connectivity index (χ3n) is 6.49. The van der Waals surface area contributed by atoms with Gasteiger partial charge in [0.2, 0.25) is 10.0 Å². The van der Waals surface area contributed by atoms with Crippen LogP contribution in [0.5, 0.6) is 0 Å². The molecule has 0 saturated heterocycles. The molecule has 0 radical (unpaired) electrons. The average Bonchev–Trinajstić information content (AvgIpc) is 2.81. The number of rotatable bonds is 5. The van der Waals surface area contributed by atoms with E-state index in [9.17, 15) is 13.5 Å². The van der Waals surface area contributed by atoms with Crippen LogP contribution >= 0.6 is 0 Å². The van der Waals surface area contributed by atoms with E-state index in [0.29, 0.717) is 5.92 Å². The van der Waals surface area contributed by atoms with Crippen molar-refractivity contribution in [1.29, 1.82) is 0 Å². The van der Waals surface area contributed by atoms with E-state index < -0.39 is 21.5 Å². The van der Waals surface area contributed by atoms with Crippen molar-refractivity contribution in [1.82, 2.24) is 4.72 Å². The van der Waals surface area contributed by atoms with Crippen LogP contribution in [0.25, 0.3) is 0 Å². The number of hydrogen-bond acceptors (Lipinski definition) is 3. The summed E-state index contributed by atoms with van der Waals surface area (Å²) in [7, 11) is -3.47. The average molecular weight is 337 g/mol. The molecule has 0 amide bonds. The number of fused-ring (bicyclic) bond motifs is 2. The van der Waals surface area contributed by atoms with Crippen LogP contribution in [-0.4, -0.2) is 25.4 Å². The van der Waals surface area contributed by atoms with Crippen LogP contribution in [0.15, 0.2) is 30.3 Å². The molecular formula is C18H27NO3S. The van der Waals surface area contributed by atoms with Gasteiger partial charge in [-0.2, -0.15) is 0 Å². The van der Waals surface area contributed by atoms with E-state index in [2.05, 4.69) is 18.6 Å². The molecule has 3 rings (SSSR count). The quantitative estimate of drug-likeness (QED) is 0.868. The summed E-state index contributed by atoms with van der Waals surface area (Å²) < 4.78 is 28.3. The minimum absolute atomic E-state index is 0.0157. The highest BCUT2D eigenvalue weighted by Gasteiger charge is 2.64. The standard InChI is InChI=1S/C18H27NO3S/c1-13(14-7-5-4-6-8-14)19-23(21,22)12-18-10-9-15(11-16(18)20)17(18,2)3/h4-8,13,15-16,19-20H,9-12H2,1-3H3/t13-,15-,16+,18-/m1/s1. The van der Waals surface area contributed by atoms with Crippen LogP contribution in [0.1, 0.15) is 51.6 Å². The Morgan fingerprint density at radius 1 is 1.30 bits per heavy atom. The highest BCUT2D eigenvalue weighted by atomic mass is 32.2. The molecule has 1 aromatic carbocycles. The predicted molar refractivity (Wildman–Crippen MR) is 91.3 cm³/mol. The van der Waals surface area contributed by atoms with E-state index in [-0.39, 0.29) is 17.2 Å². The summed E-state index contributed by atoms with van der Waals surface area (Å²) in [6.07, 6.45) is 2.04. The fraction of sp³-hybridized carbons (Fsp3) is 0.667. The molecule has 0 heterocycles. The van der Waals surface area contributed by atoms with Gasteiger partial charge in [0.25, 0.3) is 0 Å². The van der Waals surface area contributed by atoms with Crippen LogP contribution in [0.3, 0.4) is 0 Å². The number of nitrogens with one attached hydrogen (secondary N) is 1. The van der Waals surface area contributed by atoms with Crippen molar-refractivity contribution in [3.63, 3.8) is 0 Å².